The van der Waals surface area contributed by atoms with Crippen LogP contribution in [0, 0.1) is 0 Å². The Kier molecular flexibility index (Phi) is 8.08. The largest absolute Gasteiger partial charge is 0.490 e. The Balaban J connectivity index is 1.75. The van der Waals surface area contributed by atoms with Crippen LogP contribution in [0.3, 0.4) is 0 Å². The Labute approximate surface area is 152 Å². The molecule has 0 atom stereocenters. The number of hydrogen-bond acceptors (Lipinski definition) is 5. The highest BCUT2D eigenvalue weighted by Crippen LogP contribution is 2.12. The fourth-order valence-corrected chi connectivity index (χ4v) is 2.21. The highest BCUT2D eigenvalue weighted by molar-refractivity contribution is 5.91. The minimum absolute atomic E-state index is 0.128. The third-order valence-electron chi connectivity index (χ3n) is 3.59. The van der Waals surface area contributed by atoms with Gasteiger partial charge in [-0.25, -0.2) is 4.98 Å². The smallest absolute Gasteiger partial charge is 0.229 e. The van der Waals surface area contributed by atoms with Crippen molar-refractivity contribution in [3.05, 3.63) is 54.2 Å². The van der Waals surface area contributed by atoms with Gasteiger partial charge in [0.25, 0.3) is 0 Å². The molecule has 0 bridgehead atoms. The summed E-state index contributed by atoms with van der Waals surface area (Å²) in [5.74, 6) is 0.911. The van der Waals surface area contributed by atoms with E-state index in [9.17, 15) is 9.59 Å². The summed E-state index contributed by atoms with van der Waals surface area (Å²) in [6.07, 6.45) is 2.61. The summed E-state index contributed by atoms with van der Waals surface area (Å²) in [6.45, 7) is 1.82. The lowest BCUT2D eigenvalue weighted by Gasteiger charge is -2.16. The first-order chi connectivity index (χ1) is 12.7. The zero-order chi connectivity index (χ0) is 18.6. The number of rotatable bonds is 11. The van der Waals surface area contributed by atoms with Gasteiger partial charge in [0, 0.05) is 13.7 Å². The van der Waals surface area contributed by atoms with Crippen molar-refractivity contribution in [3.8, 4) is 5.75 Å². The SMILES string of the molecule is COCCN(C=O)CCOc1ccc(NC(=O)Cc2ccccc2)nc1. The van der Waals surface area contributed by atoms with E-state index in [-0.39, 0.29) is 5.91 Å². The van der Waals surface area contributed by atoms with Crippen molar-refractivity contribution in [2.75, 3.05) is 38.7 Å². The fourth-order valence-electron chi connectivity index (χ4n) is 2.21. The summed E-state index contributed by atoms with van der Waals surface area (Å²) >= 11 is 0. The minimum atomic E-state index is -0.128. The van der Waals surface area contributed by atoms with Gasteiger partial charge in [-0.15, -0.1) is 0 Å². The van der Waals surface area contributed by atoms with Crippen molar-refractivity contribution in [1.29, 1.82) is 0 Å². The van der Waals surface area contributed by atoms with Crippen molar-refractivity contribution in [1.82, 2.24) is 9.88 Å². The predicted molar refractivity (Wildman–Crippen MR) is 98.0 cm³/mol. The lowest BCUT2D eigenvalue weighted by Crippen LogP contribution is -2.30. The normalized spacial score (nSPS) is 10.2. The highest BCUT2D eigenvalue weighted by atomic mass is 16.5. The molecule has 0 aliphatic carbocycles. The molecule has 7 nitrogen and oxygen atoms in total. The number of benzene rings is 1. The molecule has 1 heterocycles. The first kappa shape index (κ1) is 19.4. The Morgan fingerprint density at radius 3 is 2.58 bits per heavy atom. The molecule has 7 heteroatoms. The summed E-state index contributed by atoms with van der Waals surface area (Å²) in [5, 5.41) is 2.75. The first-order valence-corrected chi connectivity index (χ1v) is 8.32. The number of aromatic nitrogens is 1. The quantitative estimate of drug-likeness (QED) is 0.620. The maximum atomic E-state index is 12.0. The average Bonchev–Trinajstić information content (AvgIpc) is 2.66. The number of methoxy groups -OCH3 is 1. The average molecular weight is 357 g/mol. The number of ether oxygens (including phenoxy) is 2. The Morgan fingerprint density at radius 1 is 1.15 bits per heavy atom. The van der Waals surface area contributed by atoms with E-state index in [1.54, 1.807) is 30.3 Å². The zero-order valence-electron chi connectivity index (χ0n) is 14.8. The van der Waals surface area contributed by atoms with Gasteiger partial charge in [0.1, 0.15) is 18.2 Å². The second kappa shape index (κ2) is 10.8. The van der Waals surface area contributed by atoms with Gasteiger partial charge < -0.3 is 19.7 Å². The maximum Gasteiger partial charge on any atom is 0.229 e. The molecule has 0 unspecified atom stereocenters. The maximum absolute atomic E-state index is 12.0. The highest BCUT2D eigenvalue weighted by Gasteiger charge is 2.06. The summed E-state index contributed by atoms with van der Waals surface area (Å²) in [5.41, 5.74) is 0.943. The van der Waals surface area contributed by atoms with Gasteiger partial charge in [0.2, 0.25) is 12.3 Å². The zero-order valence-corrected chi connectivity index (χ0v) is 14.8. The van der Waals surface area contributed by atoms with Crippen LogP contribution < -0.4 is 10.1 Å². The van der Waals surface area contributed by atoms with Crippen LogP contribution in [0.1, 0.15) is 5.56 Å². The van der Waals surface area contributed by atoms with Gasteiger partial charge in [-0.2, -0.15) is 0 Å². The Hall–Kier alpha value is -2.93. The summed E-state index contributed by atoms with van der Waals surface area (Å²) in [6, 6.07) is 12.9. The van der Waals surface area contributed by atoms with Crippen molar-refractivity contribution < 1.29 is 19.1 Å². The van der Waals surface area contributed by atoms with Crippen LogP contribution in [0.15, 0.2) is 48.7 Å². The summed E-state index contributed by atoms with van der Waals surface area (Å²) in [7, 11) is 1.59. The van der Waals surface area contributed by atoms with Gasteiger partial charge in [0.05, 0.1) is 25.8 Å². The molecular formula is C19H23N3O4. The van der Waals surface area contributed by atoms with Gasteiger partial charge in [0.15, 0.2) is 0 Å². The molecule has 2 amide bonds. The second-order valence-corrected chi connectivity index (χ2v) is 5.57. The standard InChI is InChI=1S/C19H23N3O4/c1-25-11-9-22(15-23)10-12-26-17-7-8-18(20-14-17)21-19(24)13-16-5-3-2-4-6-16/h2-8,14-15H,9-13H2,1H3,(H,20,21,24). The van der Waals surface area contributed by atoms with Gasteiger partial charge in [-0.3, -0.25) is 9.59 Å². The number of amides is 2. The van der Waals surface area contributed by atoms with E-state index in [1.165, 1.54) is 0 Å². The molecular weight excluding hydrogens is 334 g/mol. The third kappa shape index (κ3) is 6.90. The molecule has 0 saturated carbocycles. The van der Waals surface area contributed by atoms with Crippen LogP contribution in [0.2, 0.25) is 0 Å². The van der Waals surface area contributed by atoms with Crippen molar-refractivity contribution in [2.45, 2.75) is 6.42 Å². The molecule has 0 fully saturated rings. The van der Waals surface area contributed by atoms with Crippen LogP contribution in [-0.2, 0) is 20.7 Å². The third-order valence-corrected chi connectivity index (χ3v) is 3.59. The Bertz CT molecular complexity index is 677. The molecule has 0 saturated heterocycles. The number of carbonyl (C=O) groups excluding carboxylic acids is 2. The molecule has 1 aromatic carbocycles. The van der Waals surface area contributed by atoms with E-state index in [2.05, 4.69) is 10.3 Å². The minimum Gasteiger partial charge on any atom is -0.490 e. The van der Waals surface area contributed by atoms with E-state index < -0.39 is 0 Å². The molecule has 0 aliphatic heterocycles. The molecule has 2 rings (SSSR count). The van der Waals surface area contributed by atoms with E-state index >= 15 is 0 Å². The van der Waals surface area contributed by atoms with Gasteiger partial charge >= 0.3 is 0 Å². The number of nitrogens with one attached hydrogen (secondary N) is 1. The van der Waals surface area contributed by atoms with Crippen molar-refractivity contribution >= 4 is 18.1 Å². The number of nitrogens with zero attached hydrogens (tertiary/aromatic N) is 2. The molecule has 1 N–H and O–H groups in total. The molecule has 1 aromatic heterocycles. The van der Waals surface area contributed by atoms with E-state index in [0.29, 0.717) is 44.3 Å². The van der Waals surface area contributed by atoms with Gasteiger partial charge in [-0.1, -0.05) is 30.3 Å². The molecule has 138 valence electrons. The summed E-state index contributed by atoms with van der Waals surface area (Å²) in [4.78, 5) is 28.6. The van der Waals surface area contributed by atoms with Crippen LogP contribution >= 0.6 is 0 Å². The molecule has 0 spiro atoms. The number of pyridine rings is 1. The van der Waals surface area contributed by atoms with E-state index in [4.69, 9.17) is 9.47 Å². The van der Waals surface area contributed by atoms with Crippen molar-refractivity contribution in [3.63, 3.8) is 0 Å². The molecule has 0 aliphatic rings. The fraction of sp³-hybridized carbons (Fsp3) is 0.316. The van der Waals surface area contributed by atoms with Crippen LogP contribution in [0.25, 0.3) is 0 Å². The van der Waals surface area contributed by atoms with Crippen LogP contribution in [0.4, 0.5) is 5.82 Å². The lowest BCUT2D eigenvalue weighted by molar-refractivity contribution is -0.119. The van der Waals surface area contributed by atoms with E-state index in [0.717, 1.165) is 12.0 Å². The summed E-state index contributed by atoms with van der Waals surface area (Å²) < 4.78 is 10.5. The number of anilines is 1. The van der Waals surface area contributed by atoms with Crippen LogP contribution in [0.5, 0.6) is 5.75 Å². The number of hydrogen-bond donors (Lipinski definition) is 1. The molecule has 0 radical (unpaired) electrons. The van der Waals surface area contributed by atoms with Gasteiger partial charge in [-0.05, 0) is 17.7 Å². The topological polar surface area (TPSA) is 80.8 Å². The lowest BCUT2D eigenvalue weighted by atomic mass is 10.1. The first-order valence-electron chi connectivity index (χ1n) is 8.32. The predicted octanol–water partition coefficient (Wildman–Crippen LogP) is 1.75. The van der Waals surface area contributed by atoms with E-state index in [1.807, 2.05) is 30.3 Å². The van der Waals surface area contributed by atoms with Crippen LogP contribution in [-0.4, -0.2) is 55.6 Å². The Morgan fingerprint density at radius 2 is 1.92 bits per heavy atom. The van der Waals surface area contributed by atoms with Crippen molar-refractivity contribution in [2.24, 2.45) is 0 Å². The molecule has 2 aromatic rings. The second-order valence-electron chi connectivity index (χ2n) is 5.57. The monoisotopic (exact) mass is 357 g/mol. The molecule has 26 heavy (non-hydrogen) atoms. The number of carbonyl (C=O) groups is 2.